The van der Waals surface area contributed by atoms with Crippen LogP contribution in [-0.4, -0.2) is 5.91 Å². The molecule has 4 N–H and O–H groups in total. The average Bonchev–Trinajstić information content (AvgIpc) is 2.34. The summed E-state index contributed by atoms with van der Waals surface area (Å²) in [6.07, 6.45) is 3.12. The van der Waals surface area contributed by atoms with Crippen LogP contribution in [-0.2, 0) is 4.79 Å². The summed E-state index contributed by atoms with van der Waals surface area (Å²) in [5.74, 6) is 0.315. The second-order valence-corrected chi connectivity index (χ2v) is 5.14. The lowest BCUT2D eigenvalue weighted by Gasteiger charge is -2.13. The highest BCUT2D eigenvalue weighted by atomic mass is 16.1. The number of carbonyl (C=O) groups excluding carboxylic acids is 1. The Kier molecular flexibility index (Phi) is 5.86. The van der Waals surface area contributed by atoms with Gasteiger partial charge in [0.1, 0.15) is 0 Å². The van der Waals surface area contributed by atoms with Crippen LogP contribution in [0.5, 0.6) is 0 Å². The molecule has 0 aliphatic heterocycles. The van der Waals surface area contributed by atoms with Crippen LogP contribution in [0.25, 0.3) is 0 Å². The number of primary amides is 1. The van der Waals surface area contributed by atoms with Gasteiger partial charge in [0.2, 0.25) is 5.91 Å². The van der Waals surface area contributed by atoms with E-state index in [4.69, 9.17) is 11.5 Å². The lowest BCUT2D eigenvalue weighted by atomic mass is 9.97. The largest absolute Gasteiger partial charge is 0.370 e. The van der Waals surface area contributed by atoms with Crippen LogP contribution in [0.2, 0.25) is 0 Å². The SMILES string of the molecule is CC(C)c1ccc(C(N)CCCCC(N)=O)cc1. The van der Waals surface area contributed by atoms with Gasteiger partial charge in [-0.1, -0.05) is 44.5 Å². The van der Waals surface area contributed by atoms with E-state index in [0.717, 1.165) is 19.3 Å². The predicted octanol–water partition coefficient (Wildman–Crippen LogP) is 2.86. The highest BCUT2D eigenvalue weighted by Gasteiger charge is 2.07. The Morgan fingerprint density at radius 1 is 1.11 bits per heavy atom. The van der Waals surface area contributed by atoms with E-state index in [0.29, 0.717) is 12.3 Å². The molecule has 0 radical (unpaired) electrons. The van der Waals surface area contributed by atoms with Crippen LogP contribution >= 0.6 is 0 Å². The normalized spacial score (nSPS) is 12.7. The summed E-state index contributed by atoms with van der Waals surface area (Å²) in [5.41, 5.74) is 13.7. The molecule has 0 saturated heterocycles. The summed E-state index contributed by atoms with van der Waals surface area (Å²) in [7, 11) is 0. The van der Waals surface area contributed by atoms with Crippen molar-refractivity contribution in [3.05, 3.63) is 35.4 Å². The Hall–Kier alpha value is -1.35. The highest BCUT2D eigenvalue weighted by molar-refractivity contribution is 5.73. The molecule has 3 heteroatoms. The predicted molar refractivity (Wildman–Crippen MR) is 75.1 cm³/mol. The summed E-state index contributed by atoms with van der Waals surface area (Å²) < 4.78 is 0. The second-order valence-electron chi connectivity index (χ2n) is 5.14. The van der Waals surface area contributed by atoms with Crippen LogP contribution in [0.3, 0.4) is 0 Å². The van der Waals surface area contributed by atoms with Crippen LogP contribution in [0.1, 0.15) is 62.6 Å². The number of rotatable bonds is 7. The minimum atomic E-state index is -0.232. The lowest BCUT2D eigenvalue weighted by Crippen LogP contribution is -2.12. The van der Waals surface area contributed by atoms with E-state index < -0.39 is 0 Å². The minimum Gasteiger partial charge on any atom is -0.370 e. The molecule has 0 fully saturated rings. The van der Waals surface area contributed by atoms with Crippen molar-refractivity contribution < 1.29 is 4.79 Å². The zero-order chi connectivity index (χ0) is 13.5. The maximum atomic E-state index is 10.6. The van der Waals surface area contributed by atoms with E-state index >= 15 is 0 Å². The van der Waals surface area contributed by atoms with Gasteiger partial charge in [0.15, 0.2) is 0 Å². The fraction of sp³-hybridized carbons (Fsp3) is 0.533. The van der Waals surface area contributed by atoms with E-state index in [1.165, 1.54) is 11.1 Å². The van der Waals surface area contributed by atoms with Gasteiger partial charge < -0.3 is 11.5 Å². The maximum absolute atomic E-state index is 10.6. The van der Waals surface area contributed by atoms with Crippen molar-refractivity contribution in [1.29, 1.82) is 0 Å². The average molecular weight is 248 g/mol. The summed E-state index contributed by atoms with van der Waals surface area (Å²) in [6.45, 7) is 4.36. The molecule has 1 amide bonds. The Labute approximate surface area is 110 Å². The van der Waals surface area contributed by atoms with Gasteiger partial charge in [0.25, 0.3) is 0 Å². The standard InChI is InChI=1S/C15H24N2O/c1-11(2)12-7-9-13(10-8-12)14(16)5-3-4-6-15(17)18/h7-11,14H,3-6,16H2,1-2H3,(H2,17,18). The number of carbonyl (C=O) groups is 1. The Bertz CT molecular complexity index is 371. The van der Waals surface area contributed by atoms with Gasteiger partial charge in [-0.15, -0.1) is 0 Å². The number of hydrogen-bond donors (Lipinski definition) is 2. The van der Waals surface area contributed by atoms with E-state index in [2.05, 4.69) is 38.1 Å². The number of amides is 1. The Balaban J connectivity index is 2.41. The van der Waals surface area contributed by atoms with Crippen molar-refractivity contribution in [2.24, 2.45) is 11.5 Å². The first-order valence-electron chi connectivity index (χ1n) is 6.64. The first-order valence-corrected chi connectivity index (χ1v) is 6.64. The zero-order valence-electron chi connectivity index (χ0n) is 11.4. The molecule has 1 rings (SSSR count). The molecule has 0 bridgehead atoms. The molecule has 1 aromatic rings. The smallest absolute Gasteiger partial charge is 0.217 e. The number of nitrogens with two attached hydrogens (primary N) is 2. The van der Waals surface area contributed by atoms with Crippen molar-refractivity contribution in [1.82, 2.24) is 0 Å². The molecule has 0 heterocycles. The minimum absolute atomic E-state index is 0.0547. The summed E-state index contributed by atoms with van der Waals surface area (Å²) in [4.78, 5) is 10.6. The fourth-order valence-corrected chi connectivity index (χ4v) is 1.96. The quantitative estimate of drug-likeness (QED) is 0.728. The third-order valence-electron chi connectivity index (χ3n) is 3.22. The molecule has 100 valence electrons. The van der Waals surface area contributed by atoms with Crippen LogP contribution in [0, 0.1) is 0 Å². The van der Waals surface area contributed by atoms with Gasteiger partial charge in [-0.25, -0.2) is 0 Å². The first kappa shape index (κ1) is 14.7. The van der Waals surface area contributed by atoms with E-state index in [1.807, 2.05) is 0 Å². The molecule has 0 spiro atoms. The molecule has 18 heavy (non-hydrogen) atoms. The molecular weight excluding hydrogens is 224 g/mol. The third-order valence-corrected chi connectivity index (χ3v) is 3.22. The van der Waals surface area contributed by atoms with Crippen LogP contribution in [0.4, 0.5) is 0 Å². The van der Waals surface area contributed by atoms with Gasteiger partial charge in [-0.3, -0.25) is 4.79 Å². The fourth-order valence-electron chi connectivity index (χ4n) is 1.96. The zero-order valence-corrected chi connectivity index (χ0v) is 11.4. The third kappa shape index (κ3) is 4.88. The molecule has 1 unspecified atom stereocenters. The van der Waals surface area contributed by atoms with Gasteiger partial charge in [-0.2, -0.15) is 0 Å². The van der Waals surface area contributed by atoms with Gasteiger partial charge >= 0.3 is 0 Å². The van der Waals surface area contributed by atoms with Gasteiger partial charge in [-0.05, 0) is 29.9 Å². The molecule has 0 aliphatic rings. The van der Waals surface area contributed by atoms with E-state index in [9.17, 15) is 4.79 Å². The highest BCUT2D eigenvalue weighted by Crippen LogP contribution is 2.20. The molecule has 1 aromatic carbocycles. The molecular formula is C15H24N2O. The number of hydrogen-bond acceptors (Lipinski definition) is 2. The molecule has 0 aromatic heterocycles. The van der Waals surface area contributed by atoms with Crippen molar-refractivity contribution in [3.63, 3.8) is 0 Å². The van der Waals surface area contributed by atoms with Crippen molar-refractivity contribution in [2.75, 3.05) is 0 Å². The van der Waals surface area contributed by atoms with Crippen LogP contribution < -0.4 is 11.5 Å². The second kappa shape index (κ2) is 7.17. The summed E-state index contributed by atoms with van der Waals surface area (Å²) in [5, 5.41) is 0. The molecule has 1 atom stereocenters. The van der Waals surface area contributed by atoms with Crippen molar-refractivity contribution >= 4 is 5.91 Å². The van der Waals surface area contributed by atoms with E-state index in [1.54, 1.807) is 0 Å². The van der Waals surface area contributed by atoms with Crippen LogP contribution in [0.15, 0.2) is 24.3 Å². The van der Waals surface area contributed by atoms with E-state index in [-0.39, 0.29) is 11.9 Å². The molecule has 0 aliphatic carbocycles. The summed E-state index contributed by atoms with van der Waals surface area (Å²) >= 11 is 0. The molecule has 3 nitrogen and oxygen atoms in total. The molecule has 0 saturated carbocycles. The van der Waals surface area contributed by atoms with Gasteiger partial charge in [0.05, 0.1) is 0 Å². The van der Waals surface area contributed by atoms with Crippen molar-refractivity contribution in [3.8, 4) is 0 Å². The monoisotopic (exact) mass is 248 g/mol. The topological polar surface area (TPSA) is 69.1 Å². The number of unbranched alkanes of at least 4 members (excludes halogenated alkanes) is 1. The van der Waals surface area contributed by atoms with Gasteiger partial charge in [0, 0.05) is 12.5 Å². The Morgan fingerprint density at radius 3 is 2.17 bits per heavy atom. The van der Waals surface area contributed by atoms with Crippen molar-refractivity contribution in [2.45, 2.75) is 51.5 Å². The lowest BCUT2D eigenvalue weighted by molar-refractivity contribution is -0.118. The number of benzene rings is 1. The first-order chi connectivity index (χ1) is 8.50. The maximum Gasteiger partial charge on any atom is 0.217 e. The summed E-state index contributed by atoms with van der Waals surface area (Å²) in [6, 6.07) is 8.55. The Morgan fingerprint density at radius 2 is 1.67 bits per heavy atom.